The van der Waals surface area contributed by atoms with Crippen molar-refractivity contribution >= 4 is 64.6 Å². The molecule has 8 heterocycles. The van der Waals surface area contributed by atoms with Crippen molar-refractivity contribution in [2.45, 2.75) is 201 Å². The van der Waals surface area contributed by atoms with Gasteiger partial charge < -0.3 is 148 Å². The summed E-state index contributed by atoms with van der Waals surface area (Å²) < 4.78 is 56.9. The van der Waals surface area contributed by atoms with E-state index in [0.717, 1.165) is 66.6 Å². The summed E-state index contributed by atoms with van der Waals surface area (Å²) in [6, 6.07) is 0.102. The first-order valence-electron chi connectivity index (χ1n) is 37.4. The van der Waals surface area contributed by atoms with Crippen LogP contribution in [0.2, 0.25) is 5.02 Å². The Balaban J connectivity index is 1.10. The van der Waals surface area contributed by atoms with E-state index < -0.39 is 272 Å². The third kappa shape index (κ3) is 17.5. The number of nitrogens with zero attached hydrogens (tertiary/aromatic N) is 1. The van der Waals surface area contributed by atoms with E-state index in [2.05, 4.69) is 31.9 Å². The molecule has 8 aliphatic rings. The van der Waals surface area contributed by atoms with E-state index in [1.807, 2.05) is 0 Å². The van der Waals surface area contributed by atoms with Gasteiger partial charge >= 0.3 is 5.97 Å². The molecule has 14 rings (SSSR count). The summed E-state index contributed by atoms with van der Waals surface area (Å²) in [5.41, 5.74) is 11.0. The number of hydrogen-bond acceptors (Lipinski definition) is 31. The van der Waals surface area contributed by atoms with E-state index in [4.69, 9.17) is 71.4 Å². The second-order valence-electron chi connectivity index (χ2n) is 31.0. The lowest BCUT2D eigenvalue weighted by Crippen LogP contribution is -2.64. The number of aromatic hydroxyl groups is 3. The molecule has 39 nitrogen and oxygen atoms in total. The molecular formula is C78H91ClN10O29. The van der Waals surface area contributed by atoms with Crippen LogP contribution in [-0.4, -0.2) is 222 Å². The third-order valence-corrected chi connectivity index (χ3v) is 21.9. The molecule has 40 heteroatoms. The summed E-state index contributed by atoms with van der Waals surface area (Å²) in [5.74, 6) is -17.1. The topological polar surface area (TPSA) is 610 Å². The molecule has 8 aliphatic heterocycles. The molecule has 0 saturated carbocycles. The molecular weight excluding hydrogens is 1580 g/mol. The van der Waals surface area contributed by atoms with Gasteiger partial charge in [-0.05, 0) is 117 Å². The minimum Gasteiger partial charge on any atom is -0.508 e. The van der Waals surface area contributed by atoms with Gasteiger partial charge in [-0.15, -0.1) is 0 Å². The molecule has 7 amide bonds. The highest BCUT2D eigenvalue weighted by molar-refractivity contribution is 6.32. The van der Waals surface area contributed by atoms with Gasteiger partial charge in [-0.2, -0.15) is 0 Å². The molecule has 3 fully saturated rings. The molecule has 0 spiro atoms. The lowest BCUT2D eigenvalue weighted by molar-refractivity contribution is -0.333. The van der Waals surface area contributed by atoms with Gasteiger partial charge in [-0.3, -0.25) is 43.2 Å². The Kier molecular flexibility index (Phi) is 25.1. The molecule has 22 atom stereocenters. The third-order valence-electron chi connectivity index (χ3n) is 21.6. The standard InChI is InChI=1S/C78H91ClN10O29/c1-28(2)17-41(89(7)57-60(97)62(99)65(57)110-8)70(103)87-55-58(95)33-12-16-44(39(79)19-33)114-46-21-34-20-45(64(46)118-76-66(61(98)59(96)47(27-90)115-76)117-50-26-78(6,82)68(101)30(4)112-50)113-36-13-9-31(10-14-36)63(116-49-25-77(5,81)67(100)29(3)111-49)56-74(107)86-54(75(108)109)38-22-35(91)23-43(93)51(38)37-18-32(11-15-42(37)92)52(71(104)88-56)85-72(105)53(34)84-69(102)40(24-48(80)94)83-73(55)106/h9-16,18-23,28-30,40-41,47,49-50,52-56,58-59,61,63,66-68,76,90-93,95-96,98,100-101H,17,24-27,81-82H2,1-8H3,(H2,80,94)(H,83,106)(H,84,102)(H,85,105)(H,86,107)(H,87,103)(H,88,104)(H,108,109)/t29-,30-,40-,41+,47+,49-,50-,52+,53+,54-,55+,56-,58+,59+,61-,63+,66+,67-,68-,76-,77-,78-/m0/s1. The summed E-state index contributed by atoms with van der Waals surface area (Å²) >= 11 is 7.19. The van der Waals surface area contributed by atoms with E-state index in [1.54, 1.807) is 13.8 Å². The van der Waals surface area contributed by atoms with E-state index in [1.165, 1.54) is 65.1 Å². The second kappa shape index (κ2) is 34.2. The van der Waals surface area contributed by atoms with Crippen molar-refractivity contribution in [1.82, 2.24) is 31.9 Å². The number of aliphatic hydroxyl groups excluding tert-OH is 6. The number of hydrogen-bond donors (Lipinski definition) is 19. The van der Waals surface area contributed by atoms with E-state index in [-0.39, 0.29) is 59.1 Å². The number of nitrogens with one attached hydrogen (secondary N) is 6. The number of amides is 7. The zero-order valence-corrected chi connectivity index (χ0v) is 65.3. The van der Waals surface area contributed by atoms with Gasteiger partial charge in [0.2, 0.25) is 53.4 Å². The lowest BCUT2D eigenvalue weighted by Gasteiger charge is -2.47. The monoisotopic (exact) mass is 1670 g/mol. The number of anilines is 1. The fraction of sp³-hybridized carbons (Fsp3) is 0.462. The predicted molar refractivity (Wildman–Crippen MR) is 408 cm³/mol. The summed E-state index contributed by atoms with van der Waals surface area (Å²) in [7, 11) is 2.42. The Labute approximate surface area is 676 Å². The maximum atomic E-state index is 16.5. The second-order valence-corrected chi connectivity index (χ2v) is 31.4. The number of ether oxygens (including phenoxy) is 9. The molecule has 634 valence electrons. The maximum absolute atomic E-state index is 16.5. The van der Waals surface area contributed by atoms with Crippen LogP contribution >= 0.6 is 11.6 Å². The fourth-order valence-electron chi connectivity index (χ4n) is 15.3. The van der Waals surface area contributed by atoms with Crippen LogP contribution < -0.4 is 83.8 Å². The number of primary amides is 1. The van der Waals surface area contributed by atoms with Gasteiger partial charge in [0.15, 0.2) is 42.0 Å². The number of phenolic OH excluding ortho intramolecular Hbond substituents is 3. The van der Waals surface area contributed by atoms with Crippen molar-refractivity contribution in [2.75, 3.05) is 25.7 Å². The highest BCUT2D eigenvalue weighted by Crippen LogP contribution is 2.50. The molecule has 0 unspecified atom stereocenters. The van der Waals surface area contributed by atoms with Crippen LogP contribution in [0.5, 0.6) is 51.7 Å². The summed E-state index contributed by atoms with van der Waals surface area (Å²) in [5, 5.41) is 129. The van der Waals surface area contributed by atoms with E-state index in [9.17, 15) is 75.0 Å². The van der Waals surface area contributed by atoms with Crippen molar-refractivity contribution in [3.8, 4) is 62.9 Å². The number of likely N-dealkylation sites (N-methyl/N-ethyl adjacent to an activating group) is 1. The number of carboxylic acid groups (broad SMARTS) is 1. The Morgan fingerprint density at radius 3 is 1.87 bits per heavy atom. The number of benzene rings is 5. The van der Waals surface area contributed by atoms with Crippen molar-refractivity contribution in [3.05, 3.63) is 138 Å². The molecule has 6 aromatic carbocycles. The molecule has 0 radical (unpaired) electrons. The van der Waals surface area contributed by atoms with Crippen LogP contribution in [0, 0.1) is 5.92 Å². The highest BCUT2D eigenvalue weighted by Gasteiger charge is 2.53. The quantitative estimate of drug-likeness (QED) is 0.0498. The van der Waals surface area contributed by atoms with Gasteiger partial charge in [0, 0.05) is 53.7 Å². The van der Waals surface area contributed by atoms with Gasteiger partial charge in [-0.25, -0.2) is 4.79 Å². The number of methoxy groups -OCH3 is 1. The van der Waals surface area contributed by atoms with Gasteiger partial charge in [0.25, 0.3) is 10.9 Å². The van der Waals surface area contributed by atoms with E-state index in [0.29, 0.717) is 0 Å². The van der Waals surface area contributed by atoms with Gasteiger partial charge in [0.05, 0.1) is 49.6 Å². The normalized spacial score (nSPS) is 30.8. The van der Waals surface area contributed by atoms with Crippen LogP contribution in [-0.2, 0) is 62.0 Å². The molecule has 6 aromatic rings. The molecule has 22 N–H and O–H groups in total. The van der Waals surface area contributed by atoms with Crippen LogP contribution in [0.1, 0.15) is 125 Å². The predicted octanol–water partition coefficient (Wildman–Crippen LogP) is -0.788. The van der Waals surface area contributed by atoms with Crippen molar-refractivity contribution in [2.24, 2.45) is 23.1 Å². The molecule has 0 aliphatic carbocycles. The SMILES string of the molecule is COc1c(N(C)[C@H](CC(C)C)C(=O)N[C@H]2C(=O)N[C@@H](CC(N)=O)C(=O)N[C@H]3C(=O)N[C@H]4C(=O)N[C@H](C(=O)N[C@H](C(=O)O)c5cc(O)cc(O)c5-c5cc4ccc5O)[C@H](O[C@H]4C[C@](C)(N)[C@@H](O)[C@H](C)O4)c4ccc(cc4)Oc4cc3cc(c4O[C@@H]3O[C@H](CO)[C@@H](O)[C@H](O)[C@H]3O[C@H]3C[C@](C)(N)[C@@H](O)[C@H](C)O3)Oc3ccc(cc3Cl)[C@H]2O)c(=O)c1=O. The fourth-order valence-corrected chi connectivity index (χ4v) is 15.5. The number of carbonyl (C=O) groups excluding carboxylic acids is 7. The number of aliphatic hydroxyl groups is 6. The zero-order chi connectivity index (χ0) is 85.9. The highest BCUT2D eigenvalue weighted by atomic mass is 35.5. The van der Waals surface area contributed by atoms with Gasteiger partial charge in [-0.1, -0.05) is 49.7 Å². The zero-order valence-electron chi connectivity index (χ0n) is 64.5. The number of aliphatic carboxylic acids is 1. The molecule has 118 heavy (non-hydrogen) atoms. The summed E-state index contributed by atoms with van der Waals surface area (Å²) in [6.07, 6.45) is -23.3. The lowest BCUT2D eigenvalue weighted by atomic mass is 9.86. The Hall–Kier alpha value is -10.9. The van der Waals surface area contributed by atoms with Crippen LogP contribution in [0.3, 0.4) is 0 Å². The number of fused-ring (bicyclic) bond motifs is 15. The first-order chi connectivity index (χ1) is 55.6. The number of nitrogens with two attached hydrogens (primary N) is 3. The number of halogens is 1. The average Bonchev–Trinajstić information content (AvgIpc) is 0.775. The van der Waals surface area contributed by atoms with Crippen LogP contribution in [0.25, 0.3) is 11.1 Å². The summed E-state index contributed by atoms with van der Waals surface area (Å²) in [4.78, 5) is 148. The molecule has 0 aromatic heterocycles. The molecule has 3 saturated heterocycles. The van der Waals surface area contributed by atoms with Crippen molar-refractivity contribution in [3.63, 3.8) is 0 Å². The largest absolute Gasteiger partial charge is 0.508 e. The van der Waals surface area contributed by atoms with Gasteiger partial charge in [0.1, 0.15) is 101 Å². The maximum Gasteiger partial charge on any atom is 0.330 e. The van der Waals surface area contributed by atoms with Crippen LogP contribution in [0.4, 0.5) is 5.69 Å². The smallest absolute Gasteiger partial charge is 0.330 e. The Morgan fingerprint density at radius 2 is 1.27 bits per heavy atom. The van der Waals surface area contributed by atoms with Crippen molar-refractivity contribution in [1.29, 1.82) is 0 Å². The first-order valence-corrected chi connectivity index (χ1v) is 37.7. The van der Waals surface area contributed by atoms with Crippen LogP contribution in [0.15, 0.2) is 94.5 Å². The summed E-state index contributed by atoms with van der Waals surface area (Å²) in [6.45, 7) is 8.34. The number of rotatable bonds is 17. The number of carbonyl (C=O) groups is 8. The number of carboxylic acids is 1. The minimum absolute atomic E-state index is 0.0661. The van der Waals surface area contributed by atoms with Crippen molar-refractivity contribution < 1.29 is 132 Å². The van der Waals surface area contributed by atoms with E-state index >= 15 is 24.0 Å². The molecule has 11 bridgehead atoms. The average molecular weight is 1670 g/mol. The number of phenols is 3. The minimum atomic E-state index is -2.42. The Morgan fingerprint density at radius 1 is 0.669 bits per heavy atom. The Bertz CT molecular complexity index is 4970. The first kappa shape index (κ1) is 86.5.